The molecule has 0 bridgehead atoms. The first-order valence-electron chi connectivity index (χ1n) is 6.73. The van der Waals surface area contributed by atoms with Crippen LogP contribution in [0, 0.1) is 11.8 Å². The number of amides is 2. The number of hydrogen-bond donors (Lipinski definition) is 2. The molecule has 0 aromatic carbocycles. The Hall–Kier alpha value is -1.36. The van der Waals surface area contributed by atoms with E-state index in [1.807, 2.05) is 11.4 Å². The van der Waals surface area contributed by atoms with Crippen LogP contribution in [-0.2, 0) is 16.0 Å². The second kappa shape index (κ2) is 6.70. The van der Waals surface area contributed by atoms with Gasteiger partial charge < -0.3 is 10.6 Å². The van der Waals surface area contributed by atoms with E-state index in [0.29, 0.717) is 25.4 Å². The molecule has 2 N–H and O–H groups in total. The number of nitrogens with one attached hydrogen (secondary N) is 2. The molecule has 5 heteroatoms. The fourth-order valence-corrected chi connectivity index (χ4v) is 2.70. The van der Waals surface area contributed by atoms with Gasteiger partial charge in [-0.2, -0.15) is 0 Å². The summed E-state index contributed by atoms with van der Waals surface area (Å²) in [5, 5.41) is 7.71. The number of carbonyl (C=O) groups is 2. The van der Waals surface area contributed by atoms with Crippen molar-refractivity contribution in [1.29, 1.82) is 0 Å². The van der Waals surface area contributed by atoms with Gasteiger partial charge in [0, 0.05) is 30.3 Å². The predicted molar refractivity (Wildman–Crippen MR) is 75.9 cm³/mol. The average molecular weight is 280 g/mol. The molecule has 1 fully saturated rings. The molecule has 19 heavy (non-hydrogen) atoms. The van der Waals surface area contributed by atoms with Gasteiger partial charge in [0.15, 0.2) is 0 Å². The Morgan fingerprint density at radius 1 is 1.37 bits per heavy atom. The summed E-state index contributed by atoms with van der Waals surface area (Å²) in [5.41, 5.74) is 0. The molecule has 1 heterocycles. The van der Waals surface area contributed by atoms with E-state index in [2.05, 4.69) is 23.6 Å². The normalized spacial score (nSPS) is 20.9. The van der Waals surface area contributed by atoms with Gasteiger partial charge in [0.05, 0.1) is 0 Å². The molecule has 4 nitrogen and oxygen atoms in total. The zero-order valence-electron chi connectivity index (χ0n) is 11.1. The minimum absolute atomic E-state index is 0.000650. The lowest BCUT2D eigenvalue weighted by Crippen LogP contribution is -2.32. The van der Waals surface area contributed by atoms with E-state index in [4.69, 9.17) is 0 Å². The maximum atomic E-state index is 11.5. The van der Waals surface area contributed by atoms with Gasteiger partial charge in [-0.05, 0) is 30.2 Å². The highest BCUT2D eigenvalue weighted by atomic mass is 32.1. The Bertz CT molecular complexity index is 431. The lowest BCUT2D eigenvalue weighted by atomic mass is 10.3. The minimum Gasteiger partial charge on any atom is -0.356 e. The van der Waals surface area contributed by atoms with E-state index in [1.54, 1.807) is 11.3 Å². The summed E-state index contributed by atoms with van der Waals surface area (Å²) in [6.07, 6.45) is 2.21. The van der Waals surface area contributed by atoms with Crippen LogP contribution in [0.2, 0.25) is 0 Å². The van der Waals surface area contributed by atoms with E-state index in [1.165, 1.54) is 4.88 Å². The molecule has 1 aromatic rings. The summed E-state index contributed by atoms with van der Waals surface area (Å²) in [4.78, 5) is 24.3. The van der Waals surface area contributed by atoms with Crippen molar-refractivity contribution in [2.45, 2.75) is 26.2 Å². The first kappa shape index (κ1) is 14.1. The third-order valence-corrected chi connectivity index (χ3v) is 4.31. The van der Waals surface area contributed by atoms with Crippen LogP contribution in [0.15, 0.2) is 17.5 Å². The molecule has 1 aliphatic carbocycles. The Morgan fingerprint density at radius 3 is 2.79 bits per heavy atom. The van der Waals surface area contributed by atoms with Crippen LogP contribution in [0.25, 0.3) is 0 Å². The Balaban J connectivity index is 1.51. The maximum absolute atomic E-state index is 11.5. The number of thiophene rings is 1. The van der Waals surface area contributed by atoms with E-state index in [9.17, 15) is 9.59 Å². The van der Waals surface area contributed by atoms with Crippen molar-refractivity contribution < 1.29 is 9.59 Å². The molecule has 1 aliphatic rings. The summed E-state index contributed by atoms with van der Waals surface area (Å²) in [6.45, 7) is 3.17. The summed E-state index contributed by atoms with van der Waals surface area (Å²) < 4.78 is 0. The fraction of sp³-hybridized carbons (Fsp3) is 0.571. The summed E-state index contributed by atoms with van der Waals surface area (Å²) in [7, 11) is 0. The first-order chi connectivity index (χ1) is 9.16. The van der Waals surface area contributed by atoms with E-state index in [0.717, 1.165) is 12.8 Å². The van der Waals surface area contributed by atoms with Crippen LogP contribution in [-0.4, -0.2) is 24.9 Å². The largest absolute Gasteiger partial charge is 0.356 e. The van der Waals surface area contributed by atoms with Gasteiger partial charge in [-0.3, -0.25) is 9.59 Å². The zero-order chi connectivity index (χ0) is 13.7. The monoisotopic (exact) mass is 280 g/mol. The molecule has 0 unspecified atom stereocenters. The summed E-state index contributed by atoms with van der Waals surface area (Å²) in [6, 6.07) is 4.07. The average Bonchev–Trinajstić information content (AvgIpc) is 2.89. The van der Waals surface area contributed by atoms with Crippen LogP contribution in [0.5, 0.6) is 0 Å². The van der Waals surface area contributed by atoms with Crippen molar-refractivity contribution in [2.24, 2.45) is 11.8 Å². The van der Waals surface area contributed by atoms with Crippen LogP contribution in [0.3, 0.4) is 0 Å². The lowest BCUT2D eigenvalue weighted by Gasteiger charge is -2.06. The van der Waals surface area contributed by atoms with Gasteiger partial charge in [0.1, 0.15) is 0 Å². The van der Waals surface area contributed by atoms with Gasteiger partial charge in [-0.15, -0.1) is 11.3 Å². The predicted octanol–water partition coefficient (Wildman–Crippen LogP) is 1.57. The van der Waals surface area contributed by atoms with Gasteiger partial charge in [0.2, 0.25) is 11.8 Å². The third kappa shape index (κ3) is 4.67. The van der Waals surface area contributed by atoms with E-state index < -0.39 is 0 Å². The highest BCUT2D eigenvalue weighted by Crippen LogP contribution is 2.37. The molecular formula is C14H20N2O2S. The number of rotatable bonds is 7. The molecular weight excluding hydrogens is 260 g/mol. The summed E-state index contributed by atoms with van der Waals surface area (Å²) >= 11 is 1.70. The van der Waals surface area contributed by atoms with E-state index in [-0.39, 0.29) is 17.7 Å². The molecule has 2 atom stereocenters. The Morgan fingerprint density at radius 2 is 2.16 bits per heavy atom. The Labute approximate surface area is 117 Å². The lowest BCUT2D eigenvalue weighted by molar-refractivity contribution is -0.123. The van der Waals surface area contributed by atoms with Gasteiger partial charge in [-0.25, -0.2) is 0 Å². The third-order valence-electron chi connectivity index (χ3n) is 3.37. The molecule has 0 spiro atoms. The fourth-order valence-electron chi connectivity index (χ4n) is 1.99. The molecule has 2 amide bonds. The Kier molecular flexibility index (Phi) is 4.96. The van der Waals surface area contributed by atoms with Crippen molar-refractivity contribution >= 4 is 23.2 Å². The van der Waals surface area contributed by atoms with Crippen LogP contribution in [0.4, 0.5) is 0 Å². The van der Waals surface area contributed by atoms with Gasteiger partial charge in [-0.1, -0.05) is 13.0 Å². The topological polar surface area (TPSA) is 58.2 Å². The molecule has 0 radical (unpaired) electrons. The quantitative estimate of drug-likeness (QED) is 0.796. The number of hydrogen-bond acceptors (Lipinski definition) is 3. The van der Waals surface area contributed by atoms with Crippen LogP contribution >= 0.6 is 11.3 Å². The molecule has 2 rings (SSSR count). The zero-order valence-corrected chi connectivity index (χ0v) is 12.0. The van der Waals surface area contributed by atoms with Crippen molar-refractivity contribution in [3.05, 3.63) is 22.4 Å². The van der Waals surface area contributed by atoms with Crippen molar-refractivity contribution in [1.82, 2.24) is 10.6 Å². The first-order valence-corrected chi connectivity index (χ1v) is 7.61. The standard InChI is InChI=1S/C14H20N2O2S/c1-10-9-12(10)14(18)16-7-5-13(17)15-6-4-11-3-2-8-19-11/h2-3,8,10,12H,4-7,9H2,1H3,(H,15,17)(H,16,18)/t10-,12-/m1/s1. The van der Waals surface area contributed by atoms with E-state index >= 15 is 0 Å². The van der Waals surface area contributed by atoms with Gasteiger partial charge in [0.25, 0.3) is 0 Å². The van der Waals surface area contributed by atoms with Crippen LogP contribution < -0.4 is 10.6 Å². The molecule has 0 aliphatic heterocycles. The molecule has 1 aromatic heterocycles. The highest BCUT2D eigenvalue weighted by Gasteiger charge is 2.38. The van der Waals surface area contributed by atoms with Crippen molar-refractivity contribution in [3.8, 4) is 0 Å². The number of carbonyl (C=O) groups excluding carboxylic acids is 2. The van der Waals surface area contributed by atoms with Gasteiger partial charge >= 0.3 is 0 Å². The molecule has 0 saturated heterocycles. The van der Waals surface area contributed by atoms with Crippen LogP contribution in [0.1, 0.15) is 24.6 Å². The highest BCUT2D eigenvalue weighted by molar-refractivity contribution is 7.09. The second-order valence-electron chi connectivity index (χ2n) is 5.04. The SMILES string of the molecule is C[C@@H]1C[C@H]1C(=O)NCCC(=O)NCCc1cccs1. The second-order valence-corrected chi connectivity index (χ2v) is 6.07. The van der Waals surface area contributed by atoms with Crippen molar-refractivity contribution in [3.63, 3.8) is 0 Å². The molecule has 104 valence electrons. The minimum atomic E-state index is 0.000650. The smallest absolute Gasteiger partial charge is 0.223 e. The van der Waals surface area contributed by atoms with Crippen molar-refractivity contribution in [2.75, 3.05) is 13.1 Å². The maximum Gasteiger partial charge on any atom is 0.223 e. The molecule has 1 saturated carbocycles. The summed E-state index contributed by atoms with van der Waals surface area (Å²) in [5.74, 6) is 0.793.